The van der Waals surface area contributed by atoms with E-state index in [1.54, 1.807) is 6.92 Å². The Morgan fingerprint density at radius 1 is 1.00 bits per heavy atom. The minimum Gasteiger partial charge on any atom is -0.481 e. The van der Waals surface area contributed by atoms with E-state index in [4.69, 9.17) is 9.84 Å². The van der Waals surface area contributed by atoms with Crippen LogP contribution in [0.5, 0.6) is 0 Å². The van der Waals surface area contributed by atoms with E-state index >= 15 is 0 Å². The highest BCUT2D eigenvalue weighted by atomic mass is 16.5. The fourth-order valence-corrected chi connectivity index (χ4v) is 9.09. The van der Waals surface area contributed by atoms with Crippen molar-refractivity contribution >= 4 is 11.9 Å². The number of hydrogen-bond donors (Lipinski definition) is 1. The standard InChI is InChI=1S/C26H42O4/c1-16(5-10-24(28)29)21-8-9-22-20-7-6-18-15-19(30-17(2)27)11-13-25(18,3)23(20)12-14-26(21,22)4/h16,18-23H,5-15H2,1-4H3,(H,28,29)/t16?,18-,19-,20?,21-,22?,23?,25+,26-/m1/s1. The van der Waals surface area contributed by atoms with Crippen LogP contribution in [0.25, 0.3) is 0 Å². The first-order chi connectivity index (χ1) is 14.1. The predicted molar refractivity (Wildman–Crippen MR) is 117 cm³/mol. The molecule has 4 aliphatic rings. The Bertz CT molecular complexity index is 674. The van der Waals surface area contributed by atoms with Crippen molar-refractivity contribution in [3.8, 4) is 0 Å². The Kier molecular flexibility index (Phi) is 6.00. The van der Waals surface area contributed by atoms with Gasteiger partial charge in [-0.2, -0.15) is 0 Å². The van der Waals surface area contributed by atoms with Crippen LogP contribution in [0, 0.1) is 46.3 Å². The van der Waals surface area contributed by atoms with E-state index in [-0.39, 0.29) is 12.1 Å². The molecule has 4 aliphatic carbocycles. The first kappa shape index (κ1) is 22.1. The molecule has 4 fully saturated rings. The average Bonchev–Trinajstić information content (AvgIpc) is 3.03. The van der Waals surface area contributed by atoms with Crippen LogP contribution in [-0.4, -0.2) is 23.1 Å². The quantitative estimate of drug-likeness (QED) is 0.550. The van der Waals surface area contributed by atoms with E-state index in [0.29, 0.717) is 35.0 Å². The van der Waals surface area contributed by atoms with Crippen molar-refractivity contribution in [3.05, 3.63) is 0 Å². The van der Waals surface area contributed by atoms with Gasteiger partial charge < -0.3 is 9.84 Å². The zero-order valence-electron chi connectivity index (χ0n) is 19.5. The number of hydrogen-bond acceptors (Lipinski definition) is 3. The fraction of sp³-hybridized carbons (Fsp3) is 0.923. The highest BCUT2D eigenvalue weighted by Crippen LogP contribution is 2.68. The van der Waals surface area contributed by atoms with Gasteiger partial charge in [0.1, 0.15) is 6.10 Å². The maximum atomic E-state index is 11.5. The number of esters is 1. The molecule has 0 aromatic rings. The minimum absolute atomic E-state index is 0.125. The molecule has 0 amide bonds. The summed E-state index contributed by atoms with van der Waals surface area (Å²) in [5.74, 6) is 3.60. The largest absolute Gasteiger partial charge is 0.481 e. The van der Waals surface area contributed by atoms with Gasteiger partial charge in [0, 0.05) is 13.3 Å². The van der Waals surface area contributed by atoms with E-state index < -0.39 is 5.97 Å². The molecule has 4 nitrogen and oxygen atoms in total. The molecule has 170 valence electrons. The number of carbonyl (C=O) groups is 2. The van der Waals surface area contributed by atoms with Gasteiger partial charge in [0.2, 0.25) is 0 Å². The lowest BCUT2D eigenvalue weighted by Crippen LogP contribution is -2.54. The molecule has 30 heavy (non-hydrogen) atoms. The van der Waals surface area contributed by atoms with Gasteiger partial charge in [-0.15, -0.1) is 0 Å². The summed E-state index contributed by atoms with van der Waals surface area (Å²) in [6.07, 6.45) is 12.5. The maximum absolute atomic E-state index is 11.5. The van der Waals surface area contributed by atoms with Crippen molar-refractivity contribution in [1.29, 1.82) is 0 Å². The van der Waals surface area contributed by atoms with Crippen molar-refractivity contribution in [2.45, 2.75) is 104 Å². The molecule has 1 N–H and O–H groups in total. The lowest BCUT2D eigenvalue weighted by molar-refractivity contribution is -0.160. The predicted octanol–water partition coefficient (Wildman–Crippen LogP) is 6.08. The lowest BCUT2D eigenvalue weighted by atomic mass is 9.44. The minimum atomic E-state index is -0.652. The molecule has 4 unspecified atom stereocenters. The number of rotatable bonds is 5. The lowest BCUT2D eigenvalue weighted by Gasteiger charge is -2.61. The van der Waals surface area contributed by atoms with Crippen molar-refractivity contribution in [1.82, 2.24) is 0 Å². The molecule has 0 radical (unpaired) electrons. The van der Waals surface area contributed by atoms with Crippen LogP contribution in [0.1, 0.15) is 98.3 Å². The molecule has 0 heterocycles. The van der Waals surface area contributed by atoms with Crippen LogP contribution in [0.2, 0.25) is 0 Å². The zero-order valence-corrected chi connectivity index (χ0v) is 19.5. The SMILES string of the molecule is CC(=O)O[C@@H]1CC[C@]2(C)C3CC[C@@]4(C)C(CC[C@@H]4C(C)CCC(=O)O)C3CC[C@@H]2C1. The summed E-state index contributed by atoms with van der Waals surface area (Å²) in [6, 6.07) is 0. The van der Waals surface area contributed by atoms with Gasteiger partial charge in [-0.05, 0) is 111 Å². The molecular weight excluding hydrogens is 376 g/mol. The highest BCUT2D eigenvalue weighted by molar-refractivity contribution is 5.66. The summed E-state index contributed by atoms with van der Waals surface area (Å²) >= 11 is 0. The van der Waals surface area contributed by atoms with E-state index in [0.717, 1.165) is 37.0 Å². The smallest absolute Gasteiger partial charge is 0.303 e. The summed E-state index contributed by atoms with van der Waals surface area (Å²) in [6.45, 7) is 8.96. The normalized spacial score (nSPS) is 46.3. The monoisotopic (exact) mass is 418 g/mol. The van der Waals surface area contributed by atoms with E-state index in [9.17, 15) is 9.59 Å². The van der Waals surface area contributed by atoms with E-state index in [1.807, 2.05) is 0 Å². The summed E-state index contributed by atoms with van der Waals surface area (Å²) < 4.78 is 5.61. The first-order valence-electron chi connectivity index (χ1n) is 12.5. The maximum Gasteiger partial charge on any atom is 0.303 e. The molecule has 9 atom stereocenters. The fourth-order valence-electron chi connectivity index (χ4n) is 9.09. The van der Waals surface area contributed by atoms with Gasteiger partial charge in [-0.1, -0.05) is 20.8 Å². The van der Waals surface area contributed by atoms with Gasteiger partial charge in [-0.3, -0.25) is 9.59 Å². The van der Waals surface area contributed by atoms with Gasteiger partial charge in [-0.25, -0.2) is 0 Å². The topological polar surface area (TPSA) is 63.6 Å². The van der Waals surface area contributed by atoms with E-state index in [1.165, 1.54) is 44.9 Å². The number of aliphatic carboxylic acids is 1. The number of carbonyl (C=O) groups excluding carboxylic acids is 1. The third kappa shape index (κ3) is 3.71. The molecule has 4 rings (SSSR count). The molecule has 0 aliphatic heterocycles. The highest BCUT2D eigenvalue weighted by Gasteiger charge is 2.60. The second-order valence-corrected chi connectivity index (χ2v) is 11.8. The van der Waals surface area contributed by atoms with Gasteiger partial charge >= 0.3 is 11.9 Å². The van der Waals surface area contributed by atoms with Crippen molar-refractivity contribution in [2.75, 3.05) is 0 Å². The number of ether oxygens (including phenoxy) is 1. The molecule has 4 saturated carbocycles. The number of carboxylic acid groups (broad SMARTS) is 1. The summed E-state index contributed by atoms with van der Waals surface area (Å²) in [7, 11) is 0. The van der Waals surface area contributed by atoms with Crippen LogP contribution in [0.3, 0.4) is 0 Å². The van der Waals surface area contributed by atoms with Crippen LogP contribution in [0.15, 0.2) is 0 Å². The molecule has 0 bridgehead atoms. The Hall–Kier alpha value is -1.06. The molecular formula is C26H42O4. The van der Waals surface area contributed by atoms with Crippen molar-refractivity contribution < 1.29 is 19.4 Å². The zero-order chi connectivity index (χ0) is 21.7. The van der Waals surface area contributed by atoms with Crippen molar-refractivity contribution in [2.24, 2.45) is 46.3 Å². The molecule has 0 aromatic heterocycles. The Labute approximate surface area is 182 Å². The van der Waals surface area contributed by atoms with Gasteiger partial charge in [0.05, 0.1) is 0 Å². The second kappa shape index (κ2) is 8.13. The average molecular weight is 419 g/mol. The summed E-state index contributed by atoms with van der Waals surface area (Å²) in [5.41, 5.74) is 0.811. The van der Waals surface area contributed by atoms with Gasteiger partial charge in [0.25, 0.3) is 0 Å². The molecule has 0 aromatic carbocycles. The molecule has 0 saturated heterocycles. The third-order valence-corrected chi connectivity index (χ3v) is 10.5. The Morgan fingerprint density at radius 3 is 2.40 bits per heavy atom. The van der Waals surface area contributed by atoms with E-state index in [2.05, 4.69) is 20.8 Å². The molecule has 0 spiro atoms. The van der Waals surface area contributed by atoms with Crippen LogP contribution >= 0.6 is 0 Å². The van der Waals surface area contributed by atoms with Crippen LogP contribution in [-0.2, 0) is 14.3 Å². The number of carboxylic acids is 1. The Balaban J connectivity index is 1.47. The number of fused-ring (bicyclic) bond motifs is 5. The second-order valence-electron chi connectivity index (χ2n) is 11.8. The molecule has 4 heteroatoms. The van der Waals surface area contributed by atoms with Gasteiger partial charge in [0.15, 0.2) is 0 Å². The summed E-state index contributed by atoms with van der Waals surface area (Å²) in [4.78, 5) is 22.5. The summed E-state index contributed by atoms with van der Waals surface area (Å²) in [5, 5.41) is 9.13. The Morgan fingerprint density at radius 2 is 1.70 bits per heavy atom. The first-order valence-corrected chi connectivity index (χ1v) is 12.5. The third-order valence-electron chi connectivity index (χ3n) is 10.5. The van der Waals surface area contributed by atoms with Crippen LogP contribution in [0.4, 0.5) is 0 Å². The van der Waals surface area contributed by atoms with Crippen molar-refractivity contribution in [3.63, 3.8) is 0 Å². The van der Waals surface area contributed by atoms with Crippen LogP contribution < -0.4 is 0 Å².